The molecule has 1 N–H and O–H groups in total. The third-order valence-corrected chi connectivity index (χ3v) is 2.00. The van der Waals surface area contributed by atoms with Crippen LogP contribution in [-0.4, -0.2) is 25.7 Å². The lowest BCUT2D eigenvalue weighted by Crippen LogP contribution is -3.04. The van der Waals surface area contributed by atoms with Crippen LogP contribution < -0.4 is 4.90 Å². The van der Waals surface area contributed by atoms with Crippen LogP contribution in [0.2, 0.25) is 0 Å². The Morgan fingerprint density at radius 2 is 2.55 bits per heavy atom. The van der Waals surface area contributed by atoms with E-state index in [2.05, 4.69) is 7.05 Å². The van der Waals surface area contributed by atoms with Gasteiger partial charge in [0.2, 0.25) is 0 Å². The number of hydrogen-bond donors (Lipinski definition) is 1. The molecule has 1 rings (SSSR count). The van der Waals surface area contributed by atoms with Gasteiger partial charge in [0, 0.05) is 6.42 Å². The van der Waals surface area contributed by atoms with Crippen LogP contribution in [0.4, 0.5) is 0 Å². The molecule has 1 saturated heterocycles. The molecule has 0 saturated carbocycles. The van der Waals surface area contributed by atoms with Crippen molar-refractivity contribution in [3.8, 4) is 0 Å². The molecule has 1 aliphatic heterocycles. The zero-order chi connectivity index (χ0) is 8.27. The van der Waals surface area contributed by atoms with Gasteiger partial charge in [0.1, 0.15) is 5.92 Å². The van der Waals surface area contributed by atoms with Gasteiger partial charge in [0.25, 0.3) is 0 Å². The summed E-state index contributed by atoms with van der Waals surface area (Å²) in [4.78, 5) is 12.3. The van der Waals surface area contributed by atoms with Crippen molar-refractivity contribution in [3.05, 3.63) is 7.05 Å². The first-order valence-electron chi connectivity index (χ1n) is 4.07. The second-order valence-electron chi connectivity index (χ2n) is 2.94. The molecule has 0 spiro atoms. The van der Waals surface area contributed by atoms with E-state index in [1.165, 1.54) is 4.90 Å². The van der Waals surface area contributed by atoms with Gasteiger partial charge in [-0.25, -0.2) is 0 Å². The molecule has 3 nitrogen and oxygen atoms in total. The van der Waals surface area contributed by atoms with Gasteiger partial charge in [-0.2, -0.15) is 7.05 Å². The molecular weight excluding hydrogens is 142 g/mol. The summed E-state index contributed by atoms with van der Waals surface area (Å²) in [5.41, 5.74) is 0. The van der Waals surface area contributed by atoms with Crippen LogP contribution in [0.1, 0.15) is 13.3 Å². The minimum absolute atomic E-state index is 0.0499. The van der Waals surface area contributed by atoms with E-state index in [-0.39, 0.29) is 11.9 Å². The highest BCUT2D eigenvalue weighted by Crippen LogP contribution is 2.05. The van der Waals surface area contributed by atoms with Crippen LogP contribution in [0.25, 0.3) is 0 Å². The topological polar surface area (TPSA) is 30.7 Å². The quantitative estimate of drug-likeness (QED) is 0.422. The van der Waals surface area contributed by atoms with E-state index in [4.69, 9.17) is 4.74 Å². The molecule has 11 heavy (non-hydrogen) atoms. The van der Waals surface area contributed by atoms with E-state index in [9.17, 15) is 4.79 Å². The van der Waals surface area contributed by atoms with E-state index in [0.29, 0.717) is 6.61 Å². The molecule has 0 aromatic rings. The summed E-state index contributed by atoms with van der Waals surface area (Å²) in [5, 5.41) is 0. The molecule has 0 radical (unpaired) electrons. The number of hydrogen-bond acceptors (Lipinski definition) is 2. The molecular formula is C8H15NO2. The first-order valence-corrected chi connectivity index (χ1v) is 4.07. The van der Waals surface area contributed by atoms with Crippen LogP contribution in [0.3, 0.4) is 0 Å². The molecule has 64 valence electrons. The molecule has 1 fully saturated rings. The third kappa shape index (κ3) is 2.19. The molecule has 0 amide bonds. The Balaban J connectivity index is 2.31. The van der Waals surface area contributed by atoms with Crippen molar-refractivity contribution in [2.45, 2.75) is 13.3 Å². The second-order valence-corrected chi connectivity index (χ2v) is 2.94. The van der Waals surface area contributed by atoms with Gasteiger partial charge < -0.3 is 9.64 Å². The number of rotatable bonds is 2. The van der Waals surface area contributed by atoms with E-state index < -0.39 is 0 Å². The predicted octanol–water partition coefficient (Wildman–Crippen LogP) is -0.754. The van der Waals surface area contributed by atoms with Gasteiger partial charge >= 0.3 is 5.97 Å². The largest absolute Gasteiger partial charge is 0.467 e. The number of esters is 1. The summed E-state index contributed by atoms with van der Waals surface area (Å²) >= 11 is 0. The van der Waals surface area contributed by atoms with Crippen LogP contribution in [-0.2, 0) is 9.53 Å². The van der Waals surface area contributed by atoms with Crippen molar-refractivity contribution in [2.24, 2.45) is 5.92 Å². The van der Waals surface area contributed by atoms with Crippen LogP contribution in [0.15, 0.2) is 0 Å². The maximum atomic E-state index is 11.1. The van der Waals surface area contributed by atoms with Crippen molar-refractivity contribution in [3.63, 3.8) is 0 Å². The Hall–Kier alpha value is -0.570. The van der Waals surface area contributed by atoms with Crippen molar-refractivity contribution >= 4 is 5.97 Å². The van der Waals surface area contributed by atoms with Gasteiger partial charge in [-0.1, -0.05) is 0 Å². The van der Waals surface area contributed by atoms with Gasteiger partial charge in [-0.15, -0.1) is 0 Å². The molecule has 1 unspecified atom stereocenters. The zero-order valence-electron chi connectivity index (χ0n) is 6.93. The Morgan fingerprint density at radius 3 is 3.00 bits per heavy atom. The molecule has 0 aliphatic carbocycles. The molecule has 1 heterocycles. The monoisotopic (exact) mass is 157 g/mol. The van der Waals surface area contributed by atoms with Gasteiger partial charge in [-0.3, -0.25) is 4.79 Å². The average Bonchev–Trinajstić information content (AvgIpc) is 2.36. The Kier molecular flexibility index (Phi) is 2.88. The lowest BCUT2D eigenvalue weighted by atomic mass is 10.1. The van der Waals surface area contributed by atoms with Gasteiger partial charge in [-0.05, 0) is 6.92 Å². The van der Waals surface area contributed by atoms with E-state index in [0.717, 1.165) is 19.5 Å². The Labute approximate surface area is 67.3 Å². The maximum absolute atomic E-state index is 11.1. The molecule has 2 atom stereocenters. The fourth-order valence-corrected chi connectivity index (χ4v) is 1.39. The highest BCUT2D eigenvalue weighted by molar-refractivity contribution is 5.72. The fourth-order valence-electron chi connectivity index (χ4n) is 1.39. The van der Waals surface area contributed by atoms with Crippen molar-refractivity contribution in [2.75, 3.05) is 19.7 Å². The maximum Gasteiger partial charge on any atom is 0.314 e. The summed E-state index contributed by atoms with van der Waals surface area (Å²) < 4.78 is 4.89. The lowest BCUT2D eigenvalue weighted by molar-refractivity contribution is -0.840. The number of quaternary nitrogens is 1. The number of ether oxygens (including phenoxy) is 1. The SMILES string of the molecule is [CH2-][NH+]1CC[C@@H](C(=O)OCC)C1. The first-order chi connectivity index (χ1) is 5.24. The zero-order valence-corrected chi connectivity index (χ0v) is 6.93. The van der Waals surface area contributed by atoms with Crippen LogP contribution in [0.5, 0.6) is 0 Å². The number of carbonyl (C=O) groups is 1. The highest BCUT2D eigenvalue weighted by Gasteiger charge is 2.27. The summed E-state index contributed by atoms with van der Waals surface area (Å²) in [7, 11) is 3.84. The van der Waals surface area contributed by atoms with Crippen LogP contribution in [0, 0.1) is 13.0 Å². The van der Waals surface area contributed by atoms with Crippen LogP contribution >= 0.6 is 0 Å². The van der Waals surface area contributed by atoms with Crippen molar-refractivity contribution in [1.82, 2.24) is 0 Å². The summed E-state index contributed by atoms with van der Waals surface area (Å²) in [6.45, 7) is 4.14. The normalized spacial score (nSPS) is 30.4. The molecule has 0 bridgehead atoms. The van der Waals surface area contributed by atoms with Gasteiger partial charge in [0.05, 0.1) is 19.7 Å². The van der Waals surface area contributed by atoms with Gasteiger partial charge in [0.15, 0.2) is 0 Å². The number of likely N-dealkylation sites (tertiary alicyclic amines) is 1. The standard InChI is InChI=1S/C8H15NO2/c1-3-11-8(10)7-4-5-9(2)6-7/h7,9H,2-6H2,1H3/t7-/m1/s1. The Morgan fingerprint density at radius 1 is 1.82 bits per heavy atom. The smallest absolute Gasteiger partial charge is 0.314 e. The fraction of sp³-hybridized carbons (Fsp3) is 0.750. The number of nitrogens with one attached hydrogen (secondary N) is 1. The summed E-state index contributed by atoms with van der Waals surface area (Å²) in [5.74, 6) is 0.0496. The lowest BCUT2D eigenvalue weighted by Gasteiger charge is -2.11. The van der Waals surface area contributed by atoms with E-state index >= 15 is 0 Å². The average molecular weight is 157 g/mol. The van der Waals surface area contributed by atoms with E-state index in [1.54, 1.807) is 0 Å². The third-order valence-electron chi connectivity index (χ3n) is 2.00. The molecule has 3 heteroatoms. The summed E-state index contributed by atoms with van der Waals surface area (Å²) in [6.07, 6.45) is 0.928. The van der Waals surface area contributed by atoms with E-state index in [1.807, 2.05) is 6.92 Å². The second kappa shape index (κ2) is 3.72. The first kappa shape index (κ1) is 8.53. The highest BCUT2D eigenvalue weighted by atomic mass is 16.5. The molecule has 0 aromatic carbocycles. The molecule has 0 aromatic heterocycles. The number of carbonyl (C=O) groups excluding carboxylic acids is 1. The minimum Gasteiger partial charge on any atom is -0.467 e. The minimum atomic E-state index is -0.0499. The molecule has 1 aliphatic rings. The van der Waals surface area contributed by atoms with Crippen molar-refractivity contribution in [1.29, 1.82) is 0 Å². The Bertz CT molecular complexity index is 147. The summed E-state index contributed by atoms with van der Waals surface area (Å²) in [6, 6.07) is 0. The van der Waals surface area contributed by atoms with Crippen molar-refractivity contribution < 1.29 is 14.4 Å². The predicted molar refractivity (Wildman–Crippen MR) is 40.8 cm³/mol.